The van der Waals surface area contributed by atoms with E-state index in [2.05, 4.69) is 11.8 Å². The maximum Gasteiger partial charge on any atom is 0.0695 e. The second-order valence-electron chi connectivity index (χ2n) is 5.76. The van der Waals surface area contributed by atoms with Crippen LogP contribution in [0, 0.1) is 17.8 Å². The zero-order valence-corrected chi connectivity index (χ0v) is 9.02. The van der Waals surface area contributed by atoms with Gasteiger partial charge >= 0.3 is 0 Å². The first-order valence-corrected chi connectivity index (χ1v) is 6.16. The van der Waals surface area contributed by atoms with Crippen molar-refractivity contribution in [2.75, 3.05) is 13.1 Å². The largest absolute Gasteiger partial charge is 0.391 e. The van der Waals surface area contributed by atoms with E-state index in [4.69, 9.17) is 0 Å². The number of aliphatic hydroxyl groups is 1. The Bertz CT molecular complexity index is 220. The topological polar surface area (TPSA) is 23.5 Å². The summed E-state index contributed by atoms with van der Waals surface area (Å²) < 4.78 is 0. The van der Waals surface area contributed by atoms with E-state index in [1.165, 1.54) is 32.4 Å². The van der Waals surface area contributed by atoms with E-state index in [1.54, 1.807) is 0 Å². The molecule has 1 N–H and O–H groups in total. The first-order chi connectivity index (χ1) is 6.74. The molecule has 2 aliphatic carbocycles. The van der Waals surface area contributed by atoms with Crippen LogP contribution in [0.15, 0.2) is 0 Å². The van der Waals surface area contributed by atoms with E-state index in [9.17, 15) is 5.11 Å². The molecule has 2 nitrogen and oxygen atoms in total. The highest BCUT2D eigenvalue weighted by Gasteiger charge is 2.48. The SMILES string of the molecule is CC1CCC(O)C(N2CC3CC3C2)C1. The number of piperidine rings is 1. The van der Waals surface area contributed by atoms with Crippen LogP contribution >= 0.6 is 0 Å². The molecule has 0 radical (unpaired) electrons. The standard InChI is InChI=1S/C12H21NO/c1-8-2-3-12(14)11(4-8)13-6-9-5-10(9)7-13/h8-12,14H,2-7H2,1H3. The van der Waals surface area contributed by atoms with Crippen LogP contribution in [-0.4, -0.2) is 35.2 Å². The molecule has 2 heteroatoms. The summed E-state index contributed by atoms with van der Waals surface area (Å²) >= 11 is 0. The van der Waals surface area contributed by atoms with E-state index in [-0.39, 0.29) is 6.10 Å². The molecule has 2 saturated carbocycles. The van der Waals surface area contributed by atoms with E-state index >= 15 is 0 Å². The van der Waals surface area contributed by atoms with Gasteiger partial charge in [-0.25, -0.2) is 0 Å². The molecule has 0 bridgehead atoms. The quantitative estimate of drug-likeness (QED) is 0.685. The van der Waals surface area contributed by atoms with Gasteiger partial charge < -0.3 is 5.11 Å². The maximum absolute atomic E-state index is 10.0. The van der Waals surface area contributed by atoms with Gasteiger partial charge in [-0.3, -0.25) is 4.90 Å². The van der Waals surface area contributed by atoms with Gasteiger partial charge in [-0.1, -0.05) is 6.92 Å². The summed E-state index contributed by atoms with van der Waals surface area (Å²) in [6, 6.07) is 0.492. The molecule has 80 valence electrons. The van der Waals surface area contributed by atoms with Crippen molar-refractivity contribution in [2.45, 2.75) is 44.8 Å². The van der Waals surface area contributed by atoms with Crippen LogP contribution in [-0.2, 0) is 0 Å². The van der Waals surface area contributed by atoms with Crippen molar-refractivity contribution in [2.24, 2.45) is 17.8 Å². The molecule has 0 aromatic heterocycles. The fourth-order valence-electron chi connectivity index (χ4n) is 3.43. The molecule has 5 unspecified atom stereocenters. The Morgan fingerprint density at radius 1 is 1.07 bits per heavy atom. The molecule has 3 fully saturated rings. The number of rotatable bonds is 1. The number of nitrogens with zero attached hydrogens (tertiary/aromatic N) is 1. The summed E-state index contributed by atoms with van der Waals surface area (Å²) in [7, 11) is 0. The molecule has 5 atom stereocenters. The molecular weight excluding hydrogens is 174 g/mol. The van der Waals surface area contributed by atoms with Crippen LogP contribution in [0.4, 0.5) is 0 Å². The highest BCUT2D eigenvalue weighted by atomic mass is 16.3. The smallest absolute Gasteiger partial charge is 0.0695 e. The lowest BCUT2D eigenvalue weighted by atomic mass is 9.84. The third kappa shape index (κ3) is 1.49. The fraction of sp³-hybridized carbons (Fsp3) is 1.00. The summed E-state index contributed by atoms with van der Waals surface area (Å²) in [5.41, 5.74) is 0. The Labute approximate surface area is 86.3 Å². The molecule has 3 aliphatic rings. The highest BCUT2D eigenvalue weighted by molar-refractivity contribution is 5.00. The van der Waals surface area contributed by atoms with Gasteiger partial charge in [-0.15, -0.1) is 0 Å². The van der Waals surface area contributed by atoms with Crippen LogP contribution in [0.3, 0.4) is 0 Å². The lowest BCUT2D eigenvalue weighted by Gasteiger charge is -2.38. The van der Waals surface area contributed by atoms with Crippen LogP contribution in [0.5, 0.6) is 0 Å². The summed E-state index contributed by atoms with van der Waals surface area (Å²) in [5.74, 6) is 2.82. The van der Waals surface area contributed by atoms with Crippen molar-refractivity contribution in [3.8, 4) is 0 Å². The molecule has 0 amide bonds. The Balaban J connectivity index is 1.64. The van der Waals surface area contributed by atoms with E-state index < -0.39 is 0 Å². The van der Waals surface area contributed by atoms with Crippen LogP contribution in [0.25, 0.3) is 0 Å². The van der Waals surface area contributed by atoms with Gasteiger partial charge in [0.25, 0.3) is 0 Å². The van der Waals surface area contributed by atoms with Crippen molar-refractivity contribution in [3.05, 3.63) is 0 Å². The molecule has 1 heterocycles. The Morgan fingerprint density at radius 2 is 1.79 bits per heavy atom. The molecular formula is C12H21NO. The monoisotopic (exact) mass is 195 g/mol. The van der Waals surface area contributed by atoms with Crippen molar-refractivity contribution >= 4 is 0 Å². The molecule has 1 aliphatic heterocycles. The molecule has 1 saturated heterocycles. The zero-order chi connectivity index (χ0) is 9.71. The number of likely N-dealkylation sites (tertiary alicyclic amines) is 1. The third-order valence-corrected chi connectivity index (χ3v) is 4.52. The first-order valence-electron chi connectivity index (χ1n) is 6.16. The van der Waals surface area contributed by atoms with Crippen molar-refractivity contribution in [1.29, 1.82) is 0 Å². The van der Waals surface area contributed by atoms with Gasteiger partial charge in [0.2, 0.25) is 0 Å². The van der Waals surface area contributed by atoms with Crippen molar-refractivity contribution in [3.63, 3.8) is 0 Å². The Kier molecular flexibility index (Phi) is 2.10. The minimum Gasteiger partial charge on any atom is -0.391 e. The summed E-state index contributed by atoms with van der Waals surface area (Å²) in [5, 5.41) is 10.0. The van der Waals surface area contributed by atoms with Gasteiger partial charge in [0.1, 0.15) is 0 Å². The van der Waals surface area contributed by atoms with Gasteiger partial charge in [0, 0.05) is 19.1 Å². The van der Waals surface area contributed by atoms with Crippen LogP contribution < -0.4 is 0 Å². The average Bonchev–Trinajstić information content (AvgIpc) is 2.78. The fourth-order valence-corrected chi connectivity index (χ4v) is 3.43. The van der Waals surface area contributed by atoms with Gasteiger partial charge in [0.15, 0.2) is 0 Å². The minimum atomic E-state index is -0.0382. The summed E-state index contributed by atoms with van der Waals surface area (Å²) in [4.78, 5) is 2.57. The molecule has 14 heavy (non-hydrogen) atoms. The number of hydrogen-bond acceptors (Lipinski definition) is 2. The van der Waals surface area contributed by atoms with Crippen molar-refractivity contribution in [1.82, 2.24) is 4.90 Å². The lowest BCUT2D eigenvalue weighted by molar-refractivity contribution is 0.0112. The predicted octanol–water partition coefficient (Wildman–Crippen LogP) is 1.49. The third-order valence-electron chi connectivity index (χ3n) is 4.52. The molecule has 0 spiro atoms. The Morgan fingerprint density at radius 3 is 2.50 bits per heavy atom. The first kappa shape index (κ1) is 9.17. The second kappa shape index (κ2) is 3.21. The molecule has 0 aromatic carbocycles. The predicted molar refractivity (Wildman–Crippen MR) is 56.0 cm³/mol. The van der Waals surface area contributed by atoms with Crippen LogP contribution in [0.1, 0.15) is 32.6 Å². The second-order valence-corrected chi connectivity index (χ2v) is 5.76. The molecule has 3 rings (SSSR count). The average molecular weight is 195 g/mol. The van der Waals surface area contributed by atoms with Gasteiger partial charge in [-0.2, -0.15) is 0 Å². The van der Waals surface area contributed by atoms with Gasteiger partial charge in [0.05, 0.1) is 6.10 Å². The summed E-state index contributed by atoms with van der Waals surface area (Å²) in [6.07, 6.45) is 4.90. The highest BCUT2D eigenvalue weighted by Crippen LogP contribution is 2.46. The van der Waals surface area contributed by atoms with E-state index in [0.29, 0.717) is 6.04 Å². The minimum absolute atomic E-state index is 0.0382. The van der Waals surface area contributed by atoms with Crippen LogP contribution in [0.2, 0.25) is 0 Å². The number of aliphatic hydroxyl groups excluding tert-OH is 1. The maximum atomic E-state index is 10.0. The number of hydrogen-bond donors (Lipinski definition) is 1. The zero-order valence-electron chi connectivity index (χ0n) is 9.02. The number of fused-ring (bicyclic) bond motifs is 1. The van der Waals surface area contributed by atoms with Gasteiger partial charge in [-0.05, 0) is 43.4 Å². The molecule has 0 aromatic rings. The normalized spacial score (nSPS) is 53.1. The van der Waals surface area contributed by atoms with E-state index in [1.807, 2.05) is 0 Å². The van der Waals surface area contributed by atoms with Crippen molar-refractivity contribution < 1.29 is 5.11 Å². The Hall–Kier alpha value is -0.0800. The van der Waals surface area contributed by atoms with E-state index in [0.717, 1.165) is 24.2 Å². The summed E-state index contributed by atoms with van der Waals surface area (Å²) in [6.45, 7) is 4.88. The lowest BCUT2D eigenvalue weighted by Crippen LogP contribution is -2.46.